The van der Waals surface area contributed by atoms with Gasteiger partial charge in [0.25, 0.3) is 0 Å². The third-order valence-corrected chi connectivity index (χ3v) is 4.40. The van der Waals surface area contributed by atoms with Crippen LogP contribution in [0, 0.1) is 17.2 Å². The van der Waals surface area contributed by atoms with E-state index in [-0.39, 0.29) is 5.82 Å². The predicted molar refractivity (Wildman–Crippen MR) is 76.9 cm³/mol. The van der Waals surface area contributed by atoms with Crippen molar-refractivity contribution in [2.75, 3.05) is 13.1 Å². The summed E-state index contributed by atoms with van der Waals surface area (Å²) in [6.07, 6.45) is 1.22. The summed E-state index contributed by atoms with van der Waals surface area (Å²) in [4.78, 5) is 2.36. The molecule has 18 heavy (non-hydrogen) atoms. The highest BCUT2D eigenvalue weighted by Crippen LogP contribution is 2.34. The molecule has 1 nitrogen and oxygen atoms in total. The highest BCUT2D eigenvalue weighted by molar-refractivity contribution is 9.10. The minimum atomic E-state index is -0.108. The van der Waals surface area contributed by atoms with Gasteiger partial charge in [-0.2, -0.15) is 0 Å². The van der Waals surface area contributed by atoms with Crippen LogP contribution in [0.1, 0.15) is 32.8 Å². The van der Waals surface area contributed by atoms with Gasteiger partial charge in [-0.25, -0.2) is 4.39 Å². The Morgan fingerprint density at radius 2 is 2.11 bits per heavy atom. The second-order valence-corrected chi connectivity index (χ2v) is 7.24. The van der Waals surface area contributed by atoms with E-state index in [4.69, 9.17) is 0 Å². The Balaban J connectivity index is 1.99. The van der Waals surface area contributed by atoms with E-state index in [2.05, 4.69) is 41.6 Å². The van der Waals surface area contributed by atoms with E-state index in [1.54, 1.807) is 6.07 Å². The minimum absolute atomic E-state index is 0.108. The maximum absolute atomic E-state index is 13.8. The molecule has 1 unspecified atom stereocenters. The van der Waals surface area contributed by atoms with E-state index in [1.807, 2.05) is 12.1 Å². The van der Waals surface area contributed by atoms with Crippen LogP contribution < -0.4 is 0 Å². The maximum atomic E-state index is 13.8. The van der Waals surface area contributed by atoms with Crippen molar-refractivity contribution in [3.8, 4) is 0 Å². The molecule has 1 atom stereocenters. The van der Waals surface area contributed by atoms with Gasteiger partial charge in [-0.3, -0.25) is 4.90 Å². The zero-order valence-electron chi connectivity index (χ0n) is 11.3. The first-order valence-corrected chi connectivity index (χ1v) is 7.32. The highest BCUT2D eigenvalue weighted by Gasteiger charge is 2.31. The second-order valence-electron chi connectivity index (χ2n) is 6.32. The van der Waals surface area contributed by atoms with Gasteiger partial charge in [0.2, 0.25) is 0 Å². The molecule has 0 saturated carbocycles. The SMILES string of the molecule is CC(C)(C)C1CCN(Cc2ccc(Br)cc2F)C1. The summed E-state index contributed by atoms with van der Waals surface area (Å²) in [5, 5.41) is 0. The van der Waals surface area contributed by atoms with Gasteiger partial charge < -0.3 is 0 Å². The van der Waals surface area contributed by atoms with E-state index >= 15 is 0 Å². The molecule has 0 radical (unpaired) electrons. The molecule has 1 aromatic rings. The lowest BCUT2D eigenvalue weighted by molar-refractivity contribution is 0.225. The summed E-state index contributed by atoms with van der Waals surface area (Å²) in [7, 11) is 0. The van der Waals surface area contributed by atoms with Crippen LogP contribution in [0.5, 0.6) is 0 Å². The van der Waals surface area contributed by atoms with Crippen molar-refractivity contribution in [3.05, 3.63) is 34.1 Å². The first kappa shape index (κ1) is 14.0. The third-order valence-electron chi connectivity index (χ3n) is 3.91. The quantitative estimate of drug-likeness (QED) is 0.779. The van der Waals surface area contributed by atoms with Crippen LogP contribution in [0.2, 0.25) is 0 Å². The van der Waals surface area contributed by atoms with Gasteiger partial charge in [0.1, 0.15) is 5.82 Å². The molecule has 2 rings (SSSR count). The Labute approximate surface area is 118 Å². The molecule has 1 aliphatic rings. The van der Waals surface area contributed by atoms with Gasteiger partial charge in [0.15, 0.2) is 0 Å². The molecule has 0 amide bonds. The topological polar surface area (TPSA) is 3.24 Å². The number of hydrogen-bond donors (Lipinski definition) is 0. The van der Waals surface area contributed by atoms with Crippen molar-refractivity contribution in [1.29, 1.82) is 0 Å². The van der Waals surface area contributed by atoms with Crippen LogP contribution in [-0.4, -0.2) is 18.0 Å². The molecule has 1 aliphatic heterocycles. The summed E-state index contributed by atoms with van der Waals surface area (Å²) in [5.41, 5.74) is 1.15. The fourth-order valence-corrected chi connectivity index (χ4v) is 2.91. The summed E-state index contributed by atoms with van der Waals surface area (Å²) in [6, 6.07) is 5.34. The average Bonchev–Trinajstić information content (AvgIpc) is 2.70. The zero-order valence-corrected chi connectivity index (χ0v) is 12.9. The molecule has 3 heteroatoms. The highest BCUT2D eigenvalue weighted by atomic mass is 79.9. The first-order valence-electron chi connectivity index (χ1n) is 6.52. The molecular weight excluding hydrogens is 293 g/mol. The lowest BCUT2D eigenvalue weighted by Crippen LogP contribution is -2.26. The van der Waals surface area contributed by atoms with E-state index < -0.39 is 0 Å². The normalized spacial score (nSPS) is 21.5. The van der Waals surface area contributed by atoms with Crippen LogP contribution in [0.3, 0.4) is 0 Å². The number of benzene rings is 1. The van der Waals surface area contributed by atoms with E-state index in [0.29, 0.717) is 5.41 Å². The standard InChI is InChI=1S/C15H21BrFN/c1-15(2,3)12-6-7-18(10-12)9-11-4-5-13(16)8-14(11)17/h4-5,8,12H,6-7,9-10H2,1-3H3. The molecule has 100 valence electrons. The lowest BCUT2D eigenvalue weighted by atomic mass is 9.80. The molecule has 1 aromatic carbocycles. The summed E-state index contributed by atoms with van der Waals surface area (Å²) in [6.45, 7) is 9.77. The predicted octanol–water partition coefficient (Wildman–Crippen LogP) is 4.46. The molecule has 0 N–H and O–H groups in total. The third kappa shape index (κ3) is 3.33. The van der Waals surface area contributed by atoms with Crippen molar-refractivity contribution in [3.63, 3.8) is 0 Å². The minimum Gasteiger partial charge on any atom is -0.299 e. The fraction of sp³-hybridized carbons (Fsp3) is 0.600. The molecule has 0 bridgehead atoms. The van der Waals surface area contributed by atoms with Crippen molar-refractivity contribution < 1.29 is 4.39 Å². The summed E-state index contributed by atoms with van der Waals surface area (Å²) in [5.74, 6) is 0.611. The van der Waals surface area contributed by atoms with Crippen LogP contribution in [0.25, 0.3) is 0 Å². The molecule has 1 fully saturated rings. The largest absolute Gasteiger partial charge is 0.299 e. The van der Waals surface area contributed by atoms with Crippen molar-refractivity contribution in [2.24, 2.45) is 11.3 Å². The molecule has 0 aromatic heterocycles. The lowest BCUT2D eigenvalue weighted by Gasteiger charge is -2.27. The van der Waals surface area contributed by atoms with Gasteiger partial charge in [-0.15, -0.1) is 0 Å². The van der Waals surface area contributed by atoms with E-state index in [0.717, 1.165) is 35.6 Å². The van der Waals surface area contributed by atoms with Crippen molar-refractivity contribution in [2.45, 2.75) is 33.7 Å². The van der Waals surface area contributed by atoms with Gasteiger partial charge >= 0.3 is 0 Å². The number of likely N-dealkylation sites (tertiary alicyclic amines) is 1. The molecular formula is C15H21BrFN. The van der Waals surface area contributed by atoms with E-state index in [9.17, 15) is 4.39 Å². The second kappa shape index (κ2) is 5.30. The Hall–Kier alpha value is -0.410. The first-order chi connectivity index (χ1) is 8.36. The Morgan fingerprint density at radius 3 is 2.67 bits per heavy atom. The number of halogens is 2. The maximum Gasteiger partial charge on any atom is 0.128 e. The molecule has 1 heterocycles. The van der Waals surface area contributed by atoms with Crippen molar-refractivity contribution >= 4 is 15.9 Å². The van der Waals surface area contributed by atoms with Crippen LogP contribution in [0.15, 0.2) is 22.7 Å². The van der Waals surface area contributed by atoms with Crippen LogP contribution in [0.4, 0.5) is 4.39 Å². The molecule has 1 saturated heterocycles. The van der Waals surface area contributed by atoms with Gasteiger partial charge in [-0.05, 0) is 36.4 Å². The smallest absolute Gasteiger partial charge is 0.128 e. The van der Waals surface area contributed by atoms with Gasteiger partial charge in [0.05, 0.1) is 0 Å². The molecule has 0 spiro atoms. The van der Waals surface area contributed by atoms with Gasteiger partial charge in [-0.1, -0.05) is 42.8 Å². The average molecular weight is 314 g/mol. The summed E-state index contributed by atoms with van der Waals surface area (Å²) < 4.78 is 14.6. The van der Waals surface area contributed by atoms with E-state index in [1.165, 1.54) is 6.42 Å². The summed E-state index contributed by atoms with van der Waals surface area (Å²) >= 11 is 3.29. The van der Waals surface area contributed by atoms with Crippen LogP contribution >= 0.6 is 15.9 Å². The Kier molecular flexibility index (Phi) is 4.12. The Morgan fingerprint density at radius 1 is 1.39 bits per heavy atom. The molecule has 0 aliphatic carbocycles. The number of hydrogen-bond acceptors (Lipinski definition) is 1. The number of nitrogens with zero attached hydrogens (tertiary/aromatic N) is 1. The zero-order chi connectivity index (χ0) is 13.3. The fourth-order valence-electron chi connectivity index (χ4n) is 2.57. The van der Waals surface area contributed by atoms with Crippen LogP contribution in [-0.2, 0) is 6.54 Å². The Bertz CT molecular complexity index is 425. The number of rotatable bonds is 2. The monoisotopic (exact) mass is 313 g/mol. The van der Waals surface area contributed by atoms with Gasteiger partial charge in [0, 0.05) is 23.1 Å². The van der Waals surface area contributed by atoms with Crippen molar-refractivity contribution in [1.82, 2.24) is 4.90 Å².